The van der Waals surface area contributed by atoms with Gasteiger partial charge in [0.1, 0.15) is 23.7 Å². The molecule has 1 rings (SSSR count). The number of rotatable bonds is 6. The van der Waals surface area contributed by atoms with Crippen molar-refractivity contribution in [1.29, 1.82) is 0 Å². The van der Waals surface area contributed by atoms with Crippen LogP contribution in [-0.4, -0.2) is 31.8 Å². The molecule has 1 unspecified atom stereocenters. The molecule has 1 atom stereocenters. The van der Waals surface area contributed by atoms with Gasteiger partial charge in [0.05, 0.1) is 6.61 Å². The zero-order valence-corrected chi connectivity index (χ0v) is 11.7. The average Bonchev–Trinajstić information content (AvgIpc) is 2.39. The highest BCUT2D eigenvalue weighted by atomic mass is 19.1. The molecule has 0 aromatic heterocycles. The summed E-state index contributed by atoms with van der Waals surface area (Å²) in [5.74, 6) is -0.347. The van der Waals surface area contributed by atoms with Crippen LogP contribution in [0.4, 0.5) is 4.39 Å². The van der Waals surface area contributed by atoms with Crippen LogP contribution in [0.15, 0.2) is 18.2 Å². The van der Waals surface area contributed by atoms with Crippen LogP contribution in [0.2, 0.25) is 0 Å². The van der Waals surface area contributed by atoms with E-state index in [1.165, 1.54) is 12.1 Å². The summed E-state index contributed by atoms with van der Waals surface area (Å²) in [7, 11) is 1.65. The highest BCUT2D eigenvalue weighted by Crippen LogP contribution is 2.20. The molecule has 0 heterocycles. The molecule has 5 heteroatoms. The van der Waals surface area contributed by atoms with E-state index in [9.17, 15) is 9.18 Å². The summed E-state index contributed by atoms with van der Waals surface area (Å²) in [6.07, 6.45) is 0. The number of ether oxygens (including phenoxy) is 2. The van der Waals surface area contributed by atoms with Crippen LogP contribution < -0.4 is 10.1 Å². The Labute approximate surface area is 112 Å². The summed E-state index contributed by atoms with van der Waals surface area (Å²) in [6, 6.07) is 4.30. The van der Waals surface area contributed by atoms with Gasteiger partial charge >= 0.3 is 5.97 Å². The third-order valence-electron chi connectivity index (χ3n) is 2.94. The van der Waals surface area contributed by atoms with Crippen molar-refractivity contribution in [1.82, 2.24) is 5.32 Å². The van der Waals surface area contributed by atoms with Crippen molar-refractivity contribution in [2.24, 2.45) is 0 Å². The largest absolute Gasteiger partial charge is 0.491 e. The summed E-state index contributed by atoms with van der Waals surface area (Å²) in [6.45, 7) is 5.60. The maximum absolute atomic E-state index is 13.1. The smallest absolute Gasteiger partial charge is 0.329 e. The molecule has 0 saturated carbocycles. The van der Waals surface area contributed by atoms with Crippen LogP contribution >= 0.6 is 0 Å². The van der Waals surface area contributed by atoms with E-state index >= 15 is 0 Å². The standard InChI is InChI=1S/C14H20FNO3/c1-5-18-13(17)14(3,16-4)9-19-12-8-11(15)7-6-10(12)2/h6-8,16H,5,9H2,1-4H3. The van der Waals surface area contributed by atoms with Gasteiger partial charge in [-0.05, 0) is 39.4 Å². The van der Waals surface area contributed by atoms with Crippen LogP contribution in [0.3, 0.4) is 0 Å². The average molecular weight is 269 g/mol. The predicted molar refractivity (Wildman–Crippen MR) is 70.7 cm³/mol. The summed E-state index contributed by atoms with van der Waals surface area (Å²) in [5.41, 5.74) is -0.155. The van der Waals surface area contributed by atoms with E-state index in [1.807, 2.05) is 6.92 Å². The number of benzene rings is 1. The molecule has 0 aliphatic heterocycles. The number of nitrogens with one attached hydrogen (secondary N) is 1. The van der Waals surface area contributed by atoms with Gasteiger partial charge in [0, 0.05) is 6.07 Å². The zero-order valence-electron chi connectivity index (χ0n) is 11.7. The predicted octanol–water partition coefficient (Wildman–Crippen LogP) is 2.05. The molecule has 1 N–H and O–H groups in total. The molecule has 0 bridgehead atoms. The quantitative estimate of drug-likeness (QED) is 0.803. The molecule has 0 radical (unpaired) electrons. The minimum Gasteiger partial charge on any atom is -0.491 e. The summed E-state index contributed by atoms with van der Waals surface area (Å²) >= 11 is 0. The first-order chi connectivity index (χ1) is 8.92. The lowest BCUT2D eigenvalue weighted by atomic mass is 10.0. The fourth-order valence-corrected chi connectivity index (χ4v) is 1.48. The lowest BCUT2D eigenvalue weighted by molar-refractivity contribution is -0.151. The maximum atomic E-state index is 13.1. The van der Waals surface area contributed by atoms with Gasteiger partial charge in [0.25, 0.3) is 0 Å². The second kappa shape index (κ2) is 6.52. The Morgan fingerprint density at radius 3 is 2.74 bits per heavy atom. The first kappa shape index (κ1) is 15.4. The Kier molecular flexibility index (Phi) is 5.30. The summed E-state index contributed by atoms with van der Waals surface area (Å²) < 4.78 is 23.7. The van der Waals surface area contributed by atoms with Crippen molar-refractivity contribution in [2.75, 3.05) is 20.3 Å². The molecule has 4 nitrogen and oxygen atoms in total. The molecule has 0 saturated heterocycles. The fraction of sp³-hybridized carbons (Fsp3) is 0.500. The van der Waals surface area contributed by atoms with Gasteiger partial charge in [0.2, 0.25) is 0 Å². The van der Waals surface area contributed by atoms with E-state index in [1.54, 1.807) is 27.0 Å². The molecule has 0 amide bonds. The van der Waals surface area contributed by atoms with E-state index in [0.29, 0.717) is 12.4 Å². The van der Waals surface area contributed by atoms with Gasteiger partial charge < -0.3 is 14.8 Å². The van der Waals surface area contributed by atoms with Crippen LogP contribution in [0.1, 0.15) is 19.4 Å². The van der Waals surface area contributed by atoms with Crippen LogP contribution in [0.5, 0.6) is 5.75 Å². The second-order valence-electron chi connectivity index (χ2n) is 4.50. The number of hydrogen-bond acceptors (Lipinski definition) is 4. The molecule has 106 valence electrons. The Morgan fingerprint density at radius 1 is 1.47 bits per heavy atom. The van der Waals surface area contributed by atoms with Gasteiger partial charge in [-0.2, -0.15) is 0 Å². The number of halogens is 1. The molecular formula is C14H20FNO3. The Bertz CT molecular complexity index is 450. The number of carbonyl (C=O) groups excluding carboxylic acids is 1. The third-order valence-corrected chi connectivity index (χ3v) is 2.94. The number of aryl methyl sites for hydroxylation is 1. The van der Waals surface area contributed by atoms with Crippen molar-refractivity contribution in [3.63, 3.8) is 0 Å². The summed E-state index contributed by atoms with van der Waals surface area (Å²) in [5, 5.41) is 2.87. The van der Waals surface area contributed by atoms with Crippen molar-refractivity contribution in [2.45, 2.75) is 26.3 Å². The molecular weight excluding hydrogens is 249 g/mol. The van der Waals surface area contributed by atoms with Gasteiger partial charge in [-0.3, -0.25) is 0 Å². The lowest BCUT2D eigenvalue weighted by Gasteiger charge is -2.26. The van der Waals surface area contributed by atoms with Crippen LogP contribution in [0, 0.1) is 12.7 Å². The minimum atomic E-state index is -0.964. The lowest BCUT2D eigenvalue weighted by Crippen LogP contribution is -2.53. The molecule has 0 fully saturated rings. The normalized spacial score (nSPS) is 13.7. The van der Waals surface area contributed by atoms with E-state index in [2.05, 4.69) is 5.32 Å². The van der Waals surface area contributed by atoms with Crippen LogP contribution in [-0.2, 0) is 9.53 Å². The Balaban J connectivity index is 2.77. The maximum Gasteiger partial charge on any atom is 0.329 e. The van der Waals surface area contributed by atoms with E-state index < -0.39 is 11.5 Å². The van der Waals surface area contributed by atoms with Gasteiger partial charge in [0.15, 0.2) is 0 Å². The van der Waals surface area contributed by atoms with Crippen molar-refractivity contribution >= 4 is 5.97 Å². The first-order valence-electron chi connectivity index (χ1n) is 6.18. The number of carbonyl (C=O) groups is 1. The molecule has 0 aliphatic rings. The Morgan fingerprint density at radius 2 is 2.16 bits per heavy atom. The van der Waals surface area contributed by atoms with Gasteiger partial charge in [-0.1, -0.05) is 6.07 Å². The zero-order chi connectivity index (χ0) is 14.5. The number of likely N-dealkylation sites (N-methyl/N-ethyl adjacent to an activating group) is 1. The monoisotopic (exact) mass is 269 g/mol. The highest BCUT2D eigenvalue weighted by Gasteiger charge is 2.34. The van der Waals surface area contributed by atoms with Crippen molar-refractivity contribution in [3.05, 3.63) is 29.6 Å². The van der Waals surface area contributed by atoms with Crippen LogP contribution in [0.25, 0.3) is 0 Å². The second-order valence-corrected chi connectivity index (χ2v) is 4.50. The van der Waals surface area contributed by atoms with E-state index in [0.717, 1.165) is 5.56 Å². The van der Waals surface area contributed by atoms with E-state index in [4.69, 9.17) is 9.47 Å². The number of hydrogen-bond donors (Lipinski definition) is 1. The highest BCUT2D eigenvalue weighted by molar-refractivity contribution is 5.80. The van der Waals surface area contributed by atoms with Gasteiger partial charge in [-0.15, -0.1) is 0 Å². The van der Waals surface area contributed by atoms with Gasteiger partial charge in [-0.25, -0.2) is 9.18 Å². The topological polar surface area (TPSA) is 47.6 Å². The molecule has 0 aliphatic carbocycles. The molecule has 1 aromatic rings. The third kappa shape index (κ3) is 3.92. The summed E-state index contributed by atoms with van der Waals surface area (Å²) in [4.78, 5) is 11.8. The fourth-order valence-electron chi connectivity index (χ4n) is 1.48. The molecule has 19 heavy (non-hydrogen) atoms. The van der Waals surface area contributed by atoms with Crippen molar-refractivity contribution < 1.29 is 18.7 Å². The minimum absolute atomic E-state index is 0.0621. The van der Waals surface area contributed by atoms with E-state index in [-0.39, 0.29) is 12.4 Å². The molecule has 0 spiro atoms. The Hall–Kier alpha value is -1.62. The molecule has 1 aromatic carbocycles. The SMILES string of the molecule is CCOC(=O)C(C)(COc1cc(F)ccc1C)NC. The first-order valence-corrected chi connectivity index (χ1v) is 6.18. The number of esters is 1. The van der Waals surface area contributed by atoms with Crippen molar-refractivity contribution in [3.8, 4) is 5.75 Å².